The quantitative estimate of drug-likeness (QED) is 0.766. The summed E-state index contributed by atoms with van der Waals surface area (Å²) in [5, 5.41) is 6.49. The maximum atomic E-state index is 12.4. The predicted molar refractivity (Wildman–Crippen MR) is 104 cm³/mol. The van der Waals surface area contributed by atoms with Crippen LogP contribution in [-0.4, -0.2) is 24.0 Å². The normalized spacial score (nSPS) is 15.1. The van der Waals surface area contributed by atoms with E-state index in [2.05, 4.69) is 15.6 Å². The SMILES string of the molecule is COc1ccc(CNC(=O)c2cc(NC3CCCCCC3)ccn2)cc1. The standard InChI is InChI=1S/C21H27N3O2/c1-26-19-10-8-16(9-11-19)15-23-21(25)20-14-18(12-13-22-20)24-17-6-4-2-3-5-7-17/h8-14,17H,2-7,15H2,1H3,(H,22,24)(H,23,25). The van der Waals surface area contributed by atoms with Gasteiger partial charge in [-0.1, -0.05) is 37.8 Å². The van der Waals surface area contributed by atoms with Gasteiger partial charge >= 0.3 is 0 Å². The summed E-state index contributed by atoms with van der Waals surface area (Å²) in [6.07, 6.45) is 9.29. The molecule has 0 unspecified atom stereocenters. The lowest BCUT2D eigenvalue weighted by Crippen LogP contribution is -2.24. The highest BCUT2D eigenvalue weighted by Crippen LogP contribution is 2.21. The van der Waals surface area contributed by atoms with Crippen LogP contribution in [0, 0.1) is 0 Å². The Kier molecular flexibility index (Phi) is 6.47. The summed E-state index contributed by atoms with van der Waals surface area (Å²) in [6, 6.07) is 11.9. The molecule has 0 radical (unpaired) electrons. The lowest BCUT2D eigenvalue weighted by atomic mass is 10.1. The molecule has 3 rings (SSSR count). The molecule has 1 saturated carbocycles. The monoisotopic (exact) mass is 353 g/mol. The number of nitrogens with zero attached hydrogens (tertiary/aromatic N) is 1. The molecule has 0 bridgehead atoms. The van der Waals surface area contributed by atoms with Crippen LogP contribution in [0.15, 0.2) is 42.6 Å². The van der Waals surface area contributed by atoms with Gasteiger partial charge in [0, 0.05) is 24.5 Å². The van der Waals surface area contributed by atoms with Gasteiger partial charge in [0.2, 0.25) is 0 Å². The Balaban J connectivity index is 1.56. The van der Waals surface area contributed by atoms with Gasteiger partial charge in [-0.15, -0.1) is 0 Å². The first-order chi connectivity index (χ1) is 12.7. The van der Waals surface area contributed by atoms with Gasteiger partial charge in [-0.3, -0.25) is 9.78 Å². The molecule has 0 spiro atoms. The topological polar surface area (TPSA) is 63.2 Å². The molecule has 5 heteroatoms. The van der Waals surface area contributed by atoms with Gasteiger partial charge in [0.15, 0.2) is 0 Å². The van der Waals surface area contributed by atoms with E-state index in [1.54, 1.807) is 13.3 Å². The fourth-order valence-corrected chi connectivity index (χ4v) is 3.32. The van der Waals surface area contributed by atoms with E-state index in [9.17, 15) is 4.79 Å². The van der Waals surface area contributed by atoms with Crippen LogP contribution in [0.5, 0.6) is 5.75 Å². The molecule has 1 aromatic carbocycles. The van der Waals surface area contributed by atoms with Gasteiger partial charge in [-0.25, -0.2) is 0 Å². The van der Waals surface area contributed by atoms with Gasteiger partial charge in [-0.05, 0) is 42.7 Å². The second kappa shape index (κ2) is 9.22. The van der Waals surface area contributed by atoms with Crippen molar-refractivity contribution in [2.75, 3.05) is 12.4 Å². The van der Waals surface area contributed by atoms with Gasteiger partial charge in [-0.2, -0.15) is 0 Å². The minimum atomic E-state index is -0.162. The number of benzene rings is 1. The summed E-state index contributed by atoms with van der Waals surface area (Å²) in [5.41, 5.74) is 2.44. The van der Waals surface area contributed by atoms with Crippen molar-refractivity contribution in [1.29, 1.82) is 0 Å². The summed E-state index contributed by atoms with van der Waals surface area (Å²) in [7, 11) is 1.64. The third-order valence-electron chi connectivity index (χ3n) is 4.83. The molecular weight excluding hydrogens is 326 g/mol. The van der Waals surface area contributed by atoms with E-state index in [0.717, 1.165) is 17.0 Å². The summed E-state index contributed by atoms with van der Waals surface area (Å²) >= 11 is 0. The molecule has 2 aromatic rings. The number of nitrogens with one attached hydrogen (secondary N) is 2. The number of anilines is 1. The molecule has 1 heterocycles. The lowest BCUT2D eigenvalue weighted by molar-refractivity contribution is 0.0946. The molecular formula is C21H27N3O2. The molecule has 1 fully saturated rings. The Labute approximate surface area is 155 Å². The average Bonchev–Trinajstić information content (AvgIpc) is 2.95. The lowest BCUT2D eigenvalue weighted by Gasteiger charge is -2.18. The summed E-state index contributed by atoms with van der Waals surface area (Å²) in [4.78, 5) is 16.6. The number of carbonyl (C=O) groups is 1. The highest BCUT2D eigenvalue weighted by atomic mass is 16.5. The van der Waals surface area contributed by atoms with Crippen molar-refractivity contribution in [2.45, 2.75) is 51.1 Å². The van der Waals surface area contributed by atoms with E-state index in [-0.39, 0.29) is 5.91 Å². The zero-order valence-corrected chi connectivity index (χ0v) is 15.3. The number of aromatic nitrogens is 1. The van der Waals surface area contributed by atoms with E-state index in [0.29, 0.717) is 18.3 Å². The van der Waals surface area contributed by atoms with E-state index in [4.69, 9.17) is 4.74 Å². The third kappa shape index (κ3) is 5.22. The Bertz CT molecular complexity index is 707. The van der Waals surface area contributed by atoms with Crippen molar-refractivity contribution in [3.63, 3.8) is 0 Å². The number of hydrogen-bond acceptors (Lipinski definition) is 4. The van der Waals surface area contributed by atoms with Crippen molar-refractivity contribution < 1.29 is 9.53 Å². The number of carbonyl (C=O) groups excluding carboxylic acids is 1. The van der Waals surface area contributed by atoms with Crippen LogP contribution < -0.4 is 15.4 Å². The van der Waals surface area contributed by atoms with E-state index >= 15 is 0 Å². The fourth-order valence-electron chi connectivity index (χ4n) is 3.32. The number of ether oxygens (including phenoxy) is 1. The van der Waals surface area contributed by atoms with E-state index < -0.39 is 0 Å². The van der Waals surface area contributed by atoms with E-state index in [1.165, 1.54) is 38.5 Å². The molecule has 2 N–H and O–H groups in total. The van der Waals surface area contributed by atoms with Crippen LogP contribution in [0.1, 0.15) is 54.6 Å². The predicted octanol–water partition coefficient (Wildman–Crippen LogP) is 4.15. The number of rotatable bonds is 6. The second-order valence-corrected chi connectivity index (χ2v) is 6.79. The first-order valence-electron chi connectivity index (χ1n) is 9.38. The Morgan fingerprint density at radius 3 is 2.54 bits per heavy atom. The van der Waals surface area contributed by atoms with E-state index in [1.807, 2.05) is 36.4 Å². The molecule has 1 amide bonds. The van der Waals surface area contributed by atoms with Crippen LogP contribution in [0.2, 0.25) is 0 Å². The van der Waals surface area contributed by atoms with Crippen LogP contribution in [0.3, 0.4) is 0 Å². The molecule has 5 nitrogen and oxygen atoms in total. The minimum Gasteiger partial charge on any atom is -0.497 e. The van der Waals surface area contributed by atoms with Crippen molar-refractivity contribution in [3.8, 4) is 5.75 Å². The molecule has 1 aliphatic carbocycles. The molecule has 26 heavy (non-hydrogen) atoms. The summed E-state index contributed by atoms with van der Waals surface area (Å²) in [5.74, 6) is 0.643. The molecule has 0 saturated heterocycles. The maximum absolute atomic E-state index is 12.4. The smallest absolute Gasteiger partial charge is 0.270 e. The van der Waals surface area contributed by atoms with Crippen LogP contribution in [0.25, 0.3) is 0 Å². The van der Waals surface area contributed by atoms with Crippen molar-refractivity contribution in [1.82, 2.24) is 10.3 Å². The fraction of sp³-hybridized carbons (Fsp3) is 0.429. The first kappa shape index (κ1) is 18.2. The van der Waals surface area contributed by atoms with Gasteiger partial charge < -0.3 is 15.4 Å². The second-order valence-electron chi connectivity index (χ2n) is 6.79. The van der Waals surface area contributed by atoms with Crippen molar-refractivity contribution >= 4 is 11.6 Å². The van der Waals surface area contributed by atoms with Crippen LogP contribution in [-0.2, 0) is 6.54 Å². The third-order valence-corrected chi connectivity index (χ3v) is 4.83. The average molecular weight is 353 g/mol. The zero-order valence-electron chi connectivity index (χ0n) is 15.3. The van der Waals surface area contributed by atoms with Gasteiger partial charge in [0.25, 0.3) is 5.91 Å². The zero-order chi connectivity index (χ0) is 18.2. The maximum Gasteiger partial charge on any atom is 0.270 e. The number of hydrogen-bond donors (Lipinski definition) is 2. The van der Waals surface area contributed by atoms with Crippen molar-refractivity contribution in [3.05, 3.63) is 53.9 Å². The number of amides is 1. The Morgan fingerprint density at radius 2 is 1.85 bits per heavy atom. The van der Waals surface area contributed by atoms with Gasteiger partial charge in [0.1, 0.15) is 11.4 Å². The highest BCUT2D eigenvalue weighted by Gasteiger charge is 2.13. The van der Waals surface area contributed by atoms with Crippen LogP contribution in [0.4, 0.5) is 5.69 Å². The summed E-state index contributed by atoms with van der Waals surface area (Å²) < 4.78 is 5.14. The number of pyridine rings is 1. The Morgan fingerprint density at radius 1 is 1.12 bits per heavy atom. The Hall–Kier alpha value is -2.56. The first-order valence-corrected chi connectivity index (χ1v) is 9.38. The minimum absolute atomic E-state index is 0.162. The molecule has 1 aromatic heterocycles. The number of methoxy groups -OCH3 is 1. The van der Waals surface area contributed by atoms with Crippen LogP contribution >= 0.6 is 0 Å². The molecule has 1 aliphatic rings. The van der Waals surface area contributed by atoms with Gasteiger partial charge in [0.05, 0.1) is 7.11 Å². The summed E-state index contributed by atoms with van der Waals surface area (Å²) in [6.45, 7) is 0.463. The molecule has 0 atom stereocenters. The molecule has 138 valence electrons. The largest absolute Gasteiger partial charge is 0.497 e. The highest BCUT2D eigenvalue weighted by molar-refractivity contribution is 5.93. The molecule has 0 aliphatic heterocycles. The van der Waals surface area contributed by atoms with Crippen molar-refractivity contribution in [2.24, 2.45) is 0 Å².